The van der Waals surface area contributed by atoms with Crippen LogP contribution in [0.3, 0.4) is 0 Å². The van der Waals surface area contributed by atoms with Crippen LogP contribution < -0.4 is 5.73 Å². The molecule has 0 amide bonds. The van der Waals surface area contributed by atoms with Crippen LogP contribution in [0.1, 0.15) is 6.92 Å². The summed E-state index contributed by atoms with van der Waals surface area (Å²) in [7, 11) is -3.71. The number of nitrogens with two attached hydrogens (primary N) is 1. The number of nitrogen functional groups attached to an aromatic ring is 1. The van der Waals surface area contributed by atoms with E-state index in [2.05, 4.69) is 4.90 Å². The van der Waals surface area contributed by atoms with Crippen LogP contribution in [0, 0.1) is 5.82 Å². The molecule has 19 heavy (non-hydrogen) atoms. The first-order valence-corrected chi connectivity index (χ1v) is 7.67. The van der Waals surface area contributed by atoms with E-state index in [1.807, 2.05) is 6.92 Å². The standard InChI is InChI=1S/C12H18FN3O2S/c1-2-15-6-8-16(9-7-15)19(17,18)11-5-3-4-10(13)12(11)14/h3-5H,2,6-9,14H2,1H3. The summed E-state index contributed by atoms with van der Waals surface area (Å²) in [5.41, 5.74) is 5.23. The smallest absolute Gasteiger partial charge is 0.245 e. The Balaban J connectivity index is 2.26. The van der Waals surface area contributed by atoms with E-state index in [1.54, 1.807) is 0 Å². The van der Waals surface area contributed by atoms with Gasteiger partial charge in [-0.2, -0.15) is 4.31 Å². The lowest BCUT2D eigenvalue weighted by Gasteiger charge is -2.33. The largest absolute Gasteiger partial charge is 0.395 e. The average molecular weight is 287 g/mol. The Morgan fingerprint density at radius 3 is 2.47 bits per heavy atom. The summed E-state index contributed by atoms with van der Waals surface area (Å²) in [6.45, 7) is 5.12. The maximum absolute atomic E-state index is 13.4. The molecule has 0 aromatic heterocycles. The first-order valence-electron chi connectivity index (χ1n) is 6.23. The fraction of sp³-hybridized carbons (Fsp3) is 0.500. The molecule has 0 saturated carbocycles. The number of halogens is 1. The minimum Gasteiger partial charge on any atom is -0.395 e. The van der Waals surface area contributed by atoms with Crippen molar-refractivity contribution in [2.75, 3.05) is 38.5 Å². The van der Waals surface area contributed by atoms with Crippen molar-refractivity contribution >= 4 is 15.7 Å². The van der Waals surface area contributed by atoms with Gasteiger partial charge in [-0.15, -0.1) is 0 Å². The fourth-order valence-corrected chi connectivity index (χ4v) is 3.72. The van der Waals surface area contributed by atoms with Gasteiger partial charge in [0.2, 0.25) is 10.0 Å². The zero-order valence-corrected chi connectivity index (χ0v) is 11.7. The molecule has 1 aliphatic heterocycles. The number of para-hydroxylation sites is 1. The zero-order valence-electron chi connectivity index (χ0n) is 10.8. The minimum absolute atomic E-state index is 0.141. The number of sulfonamides is 1. The van der Waals surface area contributed by atoms with Crippen LogP contribution >= 0.6 is 0 Å². The third-order valence-corrected chi connectivity index (χ3v) is 5.37. The van der Waals surface area contributed by atoms with Crippen LogP contribution in [-0.2, 0) is 10.0 Å². The Morgan fingerprint density at radius 1 is 1.26 bits per heavy atom. The Kier molecular flexibility index (Phi) is 4.07. The van der Waals surface area contributed by atoms with Gasteiger partial charge in [-0.3, -0.25) is 0 Å². The third-order valence-electron chi connectivity index (χ3n) is 3.41. The summed E-state index contributed by atoms with van der Waals surface area (Å²) in [6, 6.07) is 3.87. The van der Waals surface area contributed by atoms with Gasteiger partial charge >= 0.3 is 0 Å². The van der Waals surface area contributed by atoms with Crippen molar-refractivity contribution in [2.24, 2.45) is 0 Å². The van der Waals surface area contributed by atoms with Crippen LogP contribution in [0.4, 0.5) is 10.1 Å². The second-order valence-corrected chi connectivity index (χ2v) is 6.40. The topological polar surface area (TPSA) is 66.6 Å². The highest BCUT2D eigenvalue weighted by atomic mass is 32.2. The highest BCUT2D eigenvalue weighted by molar-refractivity contribution is 7.89. The van der Waals surface area contributed by atoms with Gasteiger partial charge in [-0.05, 0) is 18.7 Å². The van der Waals surface area contributed by atoms with Gasteiger partial charge in [0.15, 0.2) is 0 Å². The molecule has 1 saturated heterocycles. The summed E-state index contributed by atoms with van der Waals surface area (Å²) in [5.74, 6) is -0.701. The fourth-order valence-electron chi connectivity index (χ4n) is 2.17. The molecule has 0 radical (unpaired) electrons. The van der Waals surface area contributed by atoms with Gasteiger partial charge in [0, 0.05) is 26.2 Å². The Labute approximate surface area is 112 Å². The molecule has 7 heteroatoms. The van der Waals surface area contributed by atoms with E-state index in [1.165, 1.54) is 16.4 Å². The van der Waals surface area contributed by atoms with Crippen LogP contribution in [0.2, 0.25) is 0 Å². The van der Waals surface area contributed by atoms with Crippen molar-refractivity contribution in [2.45, 2.75) is 11.8 Å². The Bertz CT molecular complexity index is 554. The number of rotatable bonds is 3. The summed E-state index contributed by atoms with van der Waals surface area (Å²) < 4.78 is 39.6. The molecule has 1 heterocycles. The van der Waals surface area contributed by atoms with Crippen molar-refractivity contribution < 1.29 is 12.8 Å². The number of hydrogen-bond donors (Lipinski definition) is 1. The molecule has 0 unspecified atom stereocenters. The van der Waals surface area contributed by atoms with Gasteiger partial charge in [0.1, 0.15) is 10.7 Å². The zero-order chi connectivity index (χ0) is 14.0. The maximum atomic E-state index is 13.4. The minimum atomic E-state index is -3.71. The molecular weight excluding hydrogens is 269 g/mol. The van der Waals surface area contributed by atoms with Crippen molar-refractivity contribution in [3.05, 3.63) is 24.0 Å². The van der Waals surface area contributed by atoms with E-state index in [0.717, 1.165) is 12.6 Å². The quantitative estimate of drug-likeness (QED) is 0.833. The molecule has 0 aliphatic carbocycles. The lowest BCUT2D eigenvalue weighted by molar-refractivity contribution is 0.196. The molecule has 0 spiro atoms. The highest BCUT2D eigenvalue weighted by Gasteiger charge is 2.30. The summed E-state index contributed by atoms with van der Waals surface area (Å²) in [6.07, 6.45) is 0. The van der Waals surface area contributed by atoms with Crippen LogP contribution in [0.25, 0.3) is 0 Å². The van der Waals surface area contributed by atoms with E-state index >= 15 is 0 Å². The SMILES string of the molecule is CCN1CCN(S(=O)(=O)c2cccc(F)c2N)CC1. The number of likely N-dealkylation sites (N-methyl/N-ethyl adjacent to an activating group) is 1. The number of piperazine rings is 1. The van der Waals surface area contributed by atoms with Gasteiger partial charge in [0.05, 0.1) is 5.69 Å². The van der Waals surface area contributed by atoms with E-state index in [0.29, 0.717) is 26.2 Å². The summed E-state index contributed by atoms with van der Waals surface area (Å²) in [4.78, 5) is 2.03. The Morgan fingerprint density at radius 2 is 1.89 bits per heavy atom. The molecule has 1 aliphatic rings. The first kappa shape index (κ1) is 14.2. The Hall–Kier alpha value is -1.18. The highest BCUT2D eigenvalue weighted by Crippen LogP contribution is 2.25. The molecule has 2 rings (SSSR count). The van der Waals surface area contributed by atoms with Crippen LogP contribution in [-0.4, -0.2) is 50.3 Å². The van der Waals surface area contributed by atoms with Crippen LogP contribution in [0.15, 0.2) is 23.1 Å². The lowest BCUT2D eigenvalue weighted by atomic mass is 10.3. The monoisotopic (exact) mass is 287 g/mol. The normalized spacial score (nSPS) is 18.6. The lowest BCUT2D eigenvalue weighted by Crippen LogP contribution is -2.48. The number of hydrogen-bond acceptors (Lipinski definition) is 4. The second-order valence-electron chi connectivity index (χ2n) is 4.49. The predicted molar refractivity (Wildman–Crippen MR) is 71.7 cm³/mol. The number of nitrogens with zero attached hydrogens (tertiary/aromatic N) is 2. The molecule has 106 valence electrons. The molecular formula is C12H18FN3O2S. The average Bonchev–Trinajstić information content (AvgIpc) is 2.41. The van der Waals surface area contributed by atoms with Crippen molar-refractivity contribution in [3.63, 3.8) is 0 Å². The van der Waals surface area contributed by atoms with E-state index < -0.39 is 15.8 Å². The molecule has 2 N–H and O–H groups in total. The molecule has 1 aromatic rings. The molecule has 1 aromatic carbocycles. The number of anilines is 1. The van der Waals surface area contributed by atoms with Crippen molar-refractivity contribution in [1.82, 2.24) is 9.21 Å². The van der Waals surface area contributed by atoms with Crippen LogP contribution in [0.5, 0.6) is 0 Å². The first-order chi connectivity index (χ1) is 8.96. The van der Waals surface area contributed by atoms with Gasteiger partial charge < -0.3 is 10.6 Å². The van der Waals surface area contributed by atoms with Crippen molar-refractivity contribution in [3.8, 4) is 0 Å². The molecule has 5 nitrogen and oxygen atoms in total. The van der Waals surface area contributed by atoms with E-state index in [9.17, 15) is 12.8 Å². The predicted octanol–water partition coefficient (Wildman–Crippen LogP) is 0.734. The van der Waals surface area contributed by atoms with E-state index in [-0.39, 0.29) is 10.6 Å². The number of benzene rings is 1. The third kappa shape index (κ3) is 2.72. The van der Waals surface area contributed by atoms with Gasteiger partial charge in [-0.1, -0.05) is 13.0 Å². The summed E-state index contributed by atoms with van der Waals surface area (Å²) >= 11 is 0. The maximum Gasteiger partial charge on any atom is 0.245 e. The molecule has 0 bridgehead atoms. The van der Waals surface area contributed by atoms with Gasteiger partial charge in [0.25, 0.3) is 0 Å². The van der Waals surface area contributed by atoms with Gasteiger partial charge in [-0.25, -0.2) is 12.8 Å². The van der Waals surface area contributed by atoms with E-state index in [4.69, 9.17) is 5.73 Å². The summed E-state index contributed by atoms with van der Waals surface area (Å²) in [5, 5.41) is 0. The molecule has 0 atom stereocenters. The second kappa shape index (κ2) is 5.44. The van der Waals surface area contributed by atoms with Crippen molar-refractivity contribution in [1.29, 1.82) is 0 Å². The molecule has 1 fully saturated rings.